The summed E-state index contributed by atoms with van der Waals surface area (Å²) >= 11 is 4.62. The number of aromatic nitrogens is 2. The molecule has 3 rings (SSSR count). The first-order valence-corrected chi connectivity index (χ1v) is 8.31. The first-order valence-electron chi connectivity index (χ1n) is 6.53. The molecule has 4 nitrogen and oxygen atoms in total. The molecule has 0 aliphatic carbocycles. The summed E-state index contributed by atoms with van der Waals surface area (Å²) < 4.78 is 6.55. The molecule has 2 aromatic carbocycles. The smallest absolute Gasteiger partial charge is 0.277 e. The van der Waals surface area contributed by atoms with E-state index >= 15 is 0 Å². The van der Waals surface area contributed by atoms with Crippen LogP contribution in [0.25, 0.3) is 11.5 Å². The molecular formula is C16H11BrN2O2S. The second-order valence-electron chi connectivity index (χ2n) is 4.46. The van der Waals surface area contributed by atoms with Crippen LogP contribution in [0, 0.1) is 0 Å². The Morgan fingerprint density at radius 2 is 1.77 bits per heavy atom. The van der Waals surface area contributed by atoms with Gasteiger partial charge in [-0.05, 0) is 24.3 Å². The summed E-state index contributed by atoms with van der Waals surface area (Å²) in [5.41, 5.74) is 1.53. The van der Waals surface area contributed by atoms with Crippen LogP contribution in [0.5, 0.6) is 0 Å². The van der Waals surface area contributed by atoms with Crippen LogP contribution in [0.4, 0.5) is 0 Å². The maximum absolute atomic E-state index is 12.0. The normalized spacial score (nSPS) is 10.6. The molecule has 0 unspecified atom stereocenters. The Bertz CT molecular complexity index is 772. The van der Waals surface area contributed by atoms with Crippen molar-refractivity contribution in [1.29, 1.82) is 0 Å². The van der Waals surface area contributed by atoms with E-state index in [4.69, 9.17) is 4.42 Å². The molecule has 0 bridgehead atoms. The monoisotopic (exact) mass is 374 g/mol. The number of carbonyl (C=O) groups is 1. The van der Waals surface area contributed by atoms with Gasteiger partial charge in [0.15, 0.2) is 5.78 Å². The number of thioether (sulfide) groups is 1. The van der Waals surface area contributed by atoms with Gasteiger partial charge in [0, 0.05) is 15.6 Å². The van der Waals surface area contributed by atoms with E-state index in [1.165, 1.54) is 11.8 Å². The maximum Gasteiger partial charge on any atom is 0.277 e. The van der Waals surface area contributed by atoms with Crippen molar-refractivity contribution < 1.29 is 9.21 Å². The van der Waals surface area contributed by atoms with Crippen LogP contribution < -0.4 is 0 Å². The van der Waals surface area contributed by atoms with Crippen molar-refractivity contribution in [3.8, 4) is 11.5 Å². The van der Waals surface area contributed by atoms with E-state index in [0.717, 1.165) is 10.0 Å². The van der Waals surface area contributed by atoms with E-state index in [1.807, 2.05) is 42.5 Å². The fraction of sp³-hybridized carbons (Fsp3) is 0.0625. The van der Waals surface area contributed by atoms with Gasteiger partial charge in [-0.1, -0.05) is 58.0 Å². The molecule has 0 aliphatic heterocycles. The molecule has 22 heavy (non-hydrogen) atoms. The summed E-state index contributed by atoms with van der Waals surface area (Å²) in [7, 11) is 0. The van der Waals surface area contributed by atoms with Gasteiger partial charge in [0.05, 0.1) is 5.75 Å². The standard InChI is InChI=1S/C16H11BrN2O2S/c17-13-8-6-12(7-9-13)15-18-19-16(21-15)22-10-14(20)11-4-2-1-3-5-11/h1-9H,10H2. The molecule has 0 atom stereocenters. The number of hydrogen-bond donors (Lipinski definition) is 0. The van der Waals surface area contributed by atoms with E-state index < -0.39 is 0 Å². The van der Waals surface area contributed by atoms with Gasteiger partial charge in [0.2, 0.25) is 5.89 Å². The minimum absolute atomic E-state index is 0.0361. The third kappa shape index (κ3) is 3.64. The number of halogens is 1. The third-order valence-electron chi connectivity index (χ3n) is 2.92. The minimum Gasteiger partial charge on any atom is -0.411 e. The molecular weight excluding hydrogens is 364 g/mol. The molecule has 0 amide bonds. The van der Waals surface area contributed by atoms with Gasteiger partial charge in [0.1, 0.15) is 0 Å². The number of rotatable bonds is 5. The van der Waals surface area contributed by atoms with E-state index in [1.54, 1.807) is 12.1 Å². The first kappa shape index (κ1) is 15.0. The molecule has 0 saturated heterocycles. The second kappa shape index (κ2) is 6.89. The summed E-state index contributed by atoms with van der Waals surface area (Å²) in [6.07, 6.45) is 0. The van der Waals surface area contributed by atoms with Gasteiger partial charge in [-0.3, -0.25) is 4.79 Å². The molecule has 110 valence electrons. The maximum atomic E-state index is 12.0. The third-order valence-corrected chi connectivity index (χ3v) is 4.27. The number of ketones is 1. The number of hydrogen-bond acceptors (Lipinski definition) is 5. The quantitative estimate of drug-likeness (QED) is 0.486. The molecule has 3 aromatic rings. The molecule has 6 heteroatoms. The van der Waals surface area contributed by atoms with Gasteiger partial charge in [-0.15, -0.1) is 10.2 Å². The number of benzene rings is 2. The average molecular weight is 375 g/mol. The van der Waals surface area contributed by atoms with E-state index in [9.17, 15) is 4.79 Å². The van der Waals surface area contributed by atoms with Crippen LogP contribution in [-0.4, -0.2) is 21.7 Å². The largest absolute Gasteiger partial charge is 0.411 e. The highest BCUT2D eigenvalue weighted by molar-refractivity contribution is 9.10. The Morgan fingerprint density at radius 3 is 2.50 bits per heavy atom. The molecule has 0 fully saturated rings. The zero-order valence-electron chi connectivity index (χ0n) is 11.4. The van der Waals surface area contributed by atoms with Crippen molar-refractivity contribution in [1.82, 2.24) is 10.2 Å². The van der Waals surface area contributed by atoms with Crippen molar-refractivity contribution in [2.45, 2.75) is 5.22 Å². The molecule has 0 aliphatic rings. The van der Waals surface area contributed by atoms with Gasteiger partial charge in [-0.25, -0.2) is 0 Å². The molecule has 1 aromatic heterocycles. The van der Waals surface area contributed by atoms with Crippen LogP contribution in [0.1, 0.15) is 10.4 Å². The number of carbonyl (C=O) groups excluding carboxylic acids is 1. The van der Waals surface area contributed by atoms with Gasteiger partial charge in [0.25, 0.3) is 5.22 Å². The lowest BCUT2D eigenvalue weighted by Crippen LogP contribution is -2.01. The van der Waals surface area contributed by atoms with Gasteiger partial charge >= 0.3 is 0 Å². The number of Topliss-reactive ketones (excluding diaryl/α,β-unsaturated/α-hetero) is 1. The Balaban J connectivity index is 1.65. The Kier molecular flexibility index (Phi) is 4.70. The lowest BCUT2D eigenvalue weighted by Gasteiger charge is -1.98. The van der Waals surface area contributed by atoms with Crippen LogP contribution in [0.3, 0.4) is 0 Å². The molecule has 1 heterocycles. The zero-order valence-corrected chi connectivity index (χ0v) is 13.8. The van der Waals surface area contributed by atoms with Crippen molar-refractivity contribution in [3.05, 3.63) is 64.6 Å². The molecule has 0 spiro atoms. The second-order valence-corrected chi connectivity index (χ2v) is 6.30. The first-order chi connectivity index (χ1) is 10.7. The van der Waals surface area contributed by atoms with Crippen molar-refractivity contribution >= 4 is 33.5 Å². The zero-order chi connectivity index (χ0) is 15.4. The van der Waals surface area contributed by atoms with E-state index in [-0.39, 0.29) is 11.5 Å². The van der Waals surface area contributed by atoms with Crippen LogP contribution >= 0.6 is 27.7 Å². The van der Waals surface area contributed by atoms with E-state index in [0.29, 0.717) is 16.7 Å². The average Bonchev–Trinajstić information content (AvgIpc) is 3.03. The highest BCUT2D eigenvalue weighted by Crippen LogP contribution is 2.24. The minimum atomic E-state index is 0.0361. The Morgan fingerprint density at radius 1 is 1.05 bits per heavy atom. The Labute approximate surface area is 140 Å². The van der Waals surface area contributed by atoms with Gasteiger partial charge < -0.3 is 4.42 Å². The summed E-state index contributed by atoms with van der Waals surface area (Å²) in [6, 6.07) is 16.8. The lowest BCUT2D eigenvalue weighted by atomic mass is 10.2. The van der Waals surface area contributed by atoms with Crippen molar-refractivity contribution in [3.63, 3.8) is 0 Å². The fourth-order valence-electron chi connectivity index (χ4n) is 1.81. The predicted octanol–water partition coefficient (Wildman–Crippen LogP) is 4.47. The Hall–Kier alpha value is -1.92. The lowest BCUT2D eigenvalue weighted by molar-refractivity contribution is 0.102. The number of nitrogens with zero attached hydrogens (tertiary/aromatic N) is 2. The molecule has 0 N–H and O–H groups in total. The summed E-state index contributed by atoms with van der Waals surface area (Å²) in [4.78, 5) is 12.0. The fourth-order valence-corrected chi connectivity index (χ4v) is 2.73. The van der Waals surface area contributed by atoms with Crippen LogP contribution in [-0.2, 0) is 0 Å². The predicted molar refractivity (Wildman–Crippen MR) is 88.9 cm³/mol. The SMILES string of the molecule is O=C(CSc1nnc(-c2ccc(Br)cc2)o1)c1ccccc1. The van der Waals surface area contributed by atoms with Crippen molar-refractivity contribution in [2.24, 2.45) is 0 Å². The molecule has 0 radical (unpaired) electrons. The highest BCUT2D eigenvalue weighted by atomic mass is 79.9. The summed E-state index contributed by atoms with van der Waals surface area (Å²) in [5.74, 6) is 0.752. The van der Waals surface area contributed by atoms with E-state index in [2.05, 4.69) is 26.1 Å². The van der Waals surface area contributed by atoms with Gasteiger partial charge in [-0.2, -0.15) is 0 Å². The van der Waals surface area contributed by atoms with Crippen LogP contribution in [0.2, 0.25) is 0 Å². The highest BCUT2D eigenvalue weighted by Gasteiger charge is 2.12. The summed E-state index contributed by atoms with van der Waals surface area (Å²) in [5, 5.41) is 8.36. The summed E-state index contributed by atoms with van der Waals surface area (Å²) in [6.45, 7) is 0. The topological polar surface area (TPSA) is 56.0 Å². The molecule has 0 saturated carbocycles. The van der Waals surface area contributed by atoms with Crippen LogP contribution in [0.15, 0.2) is 68.7 Å². The van der Waals surface area contributed by atoms with Crippen molar-refractivity contribution in [2.75, 3.05) is 5.75 Å².